The lowest BCUT2D eigenvalue weighted by molar-refractivity contribution is -0.137. The minimum Gasteiger partial charge on any atom is -0.338 e. The molecule has 3 rings (SSSR count). The Kier molecular flexibility index (Phi) is 6.26. The third kappa shape index (κ3) is 5.14. The Morgan fingerprint density at radius 2 is 1.90 bits per heavy atom. The Balaban J connectivity index is 1.70. The summed E-state index contributed by atoms with van der Waals surface area (Å²) >= 11 is 3.14. The first-order valence-electron chi connectivity index (χ1n) is 8.87. The van der Waals surface area contributed by atoms with E-state index in [1.54, 1.807) is 6.07 Å². The highest BCUT2D eigenvalue weighted by Gasteiger charge is 2.33. The molecule has 4 nitrogen and oxygen atoms in total. The number of nitrogens with zero attached hydrogens (tertiary/aromatic N) is 1. The fraction of sp³-hybridized carbons (Fsp3) is 0.300. The molecule has 29 heavy (non-hydrogen) atoms. The van der Waals surface area contributed by atoms with Gasteiger partial charge in [-0.15, -0.1) is 0 Å². The maximum Gasteiger partial charge on any atom is 0.416 e. The predicted molar refractivity (Wildman–Crippen MR) is 103 cm³/mol. The molecule has 9 heteroatoms. The zero-order valence-electron chi connectivity index (χ0n) is 15.1. The number of halogens is 5. The fourth-order valence-corrected chi connectivity index (χ4v) is 3.55. The van der Waals surface area contributed by atoms with E-state index in [-0.39, 0.29) is 17.8 Å². The molecule has 1 unspecified atom stereocenters. The van der Waals surface area contributed by atoms with Crippen molar-refractivity contribution < 1.29 is 27.2 Å². The summed E-state index contributed by atoms with van der Waals surface area (Å²) in [7, 11) is 0. The Morgan fingerprint density at radius 3 is 2.59 bits per heavy atom. The normalized spacial score (nSPS) is 17.1. The van der Waals surface area contributed by atoms with Crippen LogP contribution in [-0.2, 0) is 11.0 Å². The molecule has 0 saturated carbocycles. The Morgan fingerprint density at radius 1 is 1.14 bits per heavy atom. The number of carbonyl (C=O) groups is 2. The van der Waals surface area contributed by atoms with Crippen molar-refractivity contribution in [3.8, 4) is 0 Å². The molecule has 0 radical (unpaired) electrons. The van der Waals surface area contributed by atoms with E-state index in [2.05, 4.69) is 21.2 Å². The van der Waals surface area contributed by atoms with Crippen LogP contribution in [0.3, 0.4) is 0 Å². The van der Waals surface area contributed by atoms with Gasteiger partial charge in [0.1, 0.15) is 5.82 Å². The van der Waals surface area contributed by atoms with Gasteiger partial charge >= 0.3 is 6.18 Å². The maximum absolute atomic E-state index is 13.9. The van der Waals surface area contributed by atoms with Gasteiger partial charge in [0.2, 0.25) is 5.91 Å². The molecular formula is C20H17BrF4N2O2. The summed E-state index contributed by atoms with van der Waals surface area (Å²) in [6.45, 7) is 0.393. The standard InChI is InChI=1S/C20H17BrF4N2O2/c21-15-6-7-17(16(22)10-15)26-18(28)13-4-2-8-27(11-13)19(29)12-3-1-5-14(9-12)20(23,24)25/h1,3,5-7,9-10,13H,2,4,8,11H2,(H,26,28). The van der Waals surface area contributed by atoms with Gasteiger partial charge in [-0.05, 0) is 49.2 Å². The van der Waals surface area contributed by atoms with Gasteiger partial charge in [0.05, 0.1) is 17.2 Å². The molecule has 1 N–H and O–H groups in total. The molecule has 0 aromatic heterocycles. The van der Waals surface area contributed by atoms with E-state index in [4.69, 9.17) is 0 Å². The van der Waals surface area contributed by atoms with Gasteiger partial charge in [-0.25, -0.2) is 4.39 Å². The first-order chi connectivity index (χ1) is 13.6. The molecule has 0 bridgehead atoms. The van der Waals surface area contributed by atoms with Crippen molar-refractivity contribution in [1.29, 1.82) is 0 Å². The Hall–Kier alpha value is -2.42. The van der Waals surface area contributed by atoms with Crippen LogP contribution in [0.4, 0.5) is 23.2 Å². The van der Waals surface area contributed by atoms with Crippen LogP contribution in [0.1, 0.15) is 28.8 Å². The summed E-state index contributed by atoms with van der Waals surface area (Å²) in [5.74, 6) is -2.18. The van der Waals surface area contributed by atoms with Crippen molar-refractivity contribution in [3.63, 3.8) is 0 Å². The minimum absolute atomic E-state index is 0.0273. The summed E-state index contributed by atoms with van der Waals surface area (Å²) in [5.41, 5.74) is -0.959. The van der Waals surface area contributed by atoms with Crippen LogP contribution in [0.2, 0.25) is 0 Å². The summed E-state index contributed by atoms with van der Waals surface area (Å²) in [6.07, 6.45) is -3.53. The van der Waals surface area contributed by atoms with Gasteiger partial charge in [0.25, 0.3) is 5.91 Å². The molecule has 1 heterocycles. The van der Waals surface area contributed by atoms with Gasteiger partial charge in [-0.1, -0.05) is 22.0 Å². The monoisotopic (exact) mass is 472 g/mol. The highest BCUT2D eigenvalue weighted by molar-refractivity contribution is 9.10. The van der Waals surface area contributed by atoms with E-state index in [1.165, 1.54) is 29.2 Å². The number of alkyl halides is 3. The summed E-state index contributed by atoms with van der Waals surface area (Å²) in [5, 5.41) is 2.51. The number of hydrogen-bond donors (Lipinski definition) is 1. The van der Waals surface area contributed by atoms with Crippen LogP contribution >= 0.6 is 15.9 Å². The number of benzene rings is 2. The molecule has 1 saturated heterocycles. The maximum atomic E-state index is 13.9. The van der Waals surface area contributed by atoms with Crippen LogP contribution in [0, 0.1) is 11.7 Å². The lowest BCUT2D eigenvalue weighted by Crippen LogP contribution is -2.43. The average Bonchev–Trinajstić information content (AvgIpc) is 2.69. The number of likely N-dealkylation sites (tertiary alicyclic amines) is 1. The van der Waals surface area contributed by atoms with Gasteiger partial charge in [0.15, 0.2) is 0 Å². The van der Waals surface area contributed by atoms with E-state index in [9.17, 15) is 27.2 Å². The number of rotatable bonds is 3. The highest BCUT2D eigenvalue weighted by Crippen LogP contribution is 2.30. The number of piperidine rings is 1. The smallest absolute Gasteiger partial charge is 0.338 e. The fourth-order valence-electron chi connectivity index (χ4n) is 3.21. The molecule has 2 amide bonds. The van der Waals surface area contributed by atoms with E-state index in [0.29, 0.717) is 23.9 Å². The van der Waals surface area contributed by atoms with Crippen molar-refractivity contribution in [2.45, 2.75) is 19.0 Å². The summed E-state index contributed by atoms with van der Waals surface area (Å²) < 4.78 is 53.2. The van der Waals surface area contributed by atoms with Crippen molar-refractivity contribution >= 4 is 33.4 Å². The average molecular weight is 473 g/mol. The number of hydrogen-bond acceptors (Lipinski definition) is 2. The van der Waals surface area contributed by atoms with Crippen LogP contribution in [0.15, 0.2) is 46.9 Å². The van der Waals surface area contributed by atoms with Gasteiger partial charge in [0, 0.05) is 23.1 Å². The molecule has 1 fully saturated rings. The largest absolute Gasteiger partial charge is 0.416 e. The Bertz CT molecular complexity index is 933. The molecular weight excluding hydrogens is 456 g/mol. The second-order valence-electron chi connectivity index (χ2n) is 6.78. The molecule has 0 aliphatic carbocycles. The lowest BCUT2D eigenvalue weighted by Gasteiger charge is -2.32. The van der Waals surface area contributed by atoms with Crippen LogP contribution in [0.5, 0.6) is 0 Å². The third-order valence-electron chi connectivity index (χ3n) is 4.71. The van der Waals surface area contributed by atoms with Crippen molar-refractivity contribution in [3.05, 3.63) is 63.9 Å². The van der Waals surface area contributed by atoms with Crippen molar-refractivity contribution in [2.75, 3.05) is 18.4 Å². The van der Waals surface area contributed by atoms with E-state index < -0.39 is 35.3 Å². The van der Waals surface area contributed by atoms with E-state index in [0.717, 1.165) is 12.1 Å². The van der Waals surface area contributed by atoms with Crippen molar-refractivity contribution in [1.82, 2.24) is 4.90 Å². The van der Waals surface area contributed by atoms with Crippen LogP contribution in [0.25, 0.3) is 0 Å². The predicted octanol–water partition coefficient (Wildman–Crippen LogP) is 5.10. The topological polar surface area (TPSA) is 49.4 Å². The minimum atomic E-state index is -4.55. The van der Waals surface area contributed by atoms with Crippen molar-refractivity contribution in [2.24, 2.45) is 5.92 Å². The van der Waals surface area contributed by atoms with Gasteiger partial charge in [-0.3, -0.25) is 9.59 Å². The van der Waals surface area contributed by atoms with Crippen LogP contribution < -0.4 is 5.32 Å². The Labute approximate surface area is 173 Å². The second kappa shape index (κ2) is 8.52. The van der Waals surface area contributed by atoms with E-state index in [1.807, 2.05) is 0 Å². The SMILES string of the molecule is O=C(Nc1ccc(Br)cc1F)C1CCCN(C(=O)c2cccc(C(F)(F)F)c2)C1. The number of amides is 2. The number of anilines is 1. The quantitative estimate of drug-likeness (QED) is 0.631. The number of carbonyl (C=O) groups excluding carboxylic acids is 2. The molecule has 2 aromatic carbocycles. The van der Waals surface area contributed by atoms with Crippen LogP contribution in [-0.4, -0.2) is 29.8 Å². The molecule has 1 aliphatic heterocycles. The first kappa shape index (κ1) is 21.3. The molecule has 1 aliphatic rings. The summed E-state index contributed by atoms with van der Waals surface area (Å²) in [4.78, 5) is 26.5. The third-order valence-corrected chi connectivity index (χ3v) is 5.20. The van der Waals surface area contributed by atoms with Gasteiger partial charge < -0.3 is 10.2 Å². The van der Waals surface area contributed by atoms with Gasteiger partial charge in [-0.2, -0.15) is 13.2 Å². The lowest BCUT2D eigenvalue weighted by atomic mass is 9.96. The second-order valence-corrected chi connectivity index (χ2v) is 7.70. The zero-order chi connectivity index (χ0) is 21.2. The first-order valence-corrected chi connectivity index (χ1v) is 9.67. The zero-order valence-corrected chi connectivity index (χ0v) is 16.7. The highest BCUT2D eigenvalue weighted by atomic mass is 79.9. The molecule has 0 spiro atoms. The molecule has 2 aromatic rings. The molecule has 154 valence electrons. The van der Waals surface area contributed by atoms with E-state index >= 15 is 0 Å². The number of nitrogens with one attached hydrogen (secondary N) is 1. The summed E-state index contributed by atoms with van der Waals surface area (Å²) in [6, 6.07) is 8.44. The molecule has 1 atom stereocenters.